The minimum atomic E-state index is -0.679. The molecule has 4 aromatic rings. The van der Waals surface area contributed by atoms with Crippen molar-refractivity contribution in [2.24, 2.45) is 5.92 Å². The van der Waals surface area contributed by atoms with Crippen LogP contribution in [0.5, 0.6) is 0 Å². The first kappa shape index (κ1) is 21.0. The molecule has 1 saturated heterocycles. The van der Waals surface area contributed by atoms with E-state index in [4.69, 9.17) is 4.98 Å². The van der Waals surface area contributed by atoms with Gasteiger partial charge in [0.05, 0.1) is 23.9 Å². The highest BCUT2D eigenvalue weighted by Gasteiger charge is 2.39. The van der Waals surface area contributed by atoms with E-state index in [1.165, 1.54) is 18.3 Å². The number of H-pyrrole nitrogens is 1. The smallest absolute Gasteiger partial charge is 0.247 e. The Bertz CT molecular complexity index is 1430. The maximum absolute atomic E-state index is 13.1. The van der Waals surface area contributed by atoms with Crippen LogP contribution < -0.4 is 15.5 Å². The number of pyridine rings is 1. The molecule has 0 unspecified atom stereocenters. The topological polar surface area (TPSA) is 140 Å². The third-order valence-electron chi connectivity index (χ3n) is 6.27. The number of hydrogen-bond acceptors (Lipinski definition) is 8. The number of nitrogens with zero attached hydrogens (tertiary/aromatic N) is 7. The number of amides is 1. The van der Waals surface area contributed by atoms with Gasteiger partial charge in [0.2, 0.25) is 23.8 Å². The van der Waals surface area contributed by atoms with E-state index in [1.54, 1.807) is 9.30 Å². The molecule has 0 bridgehead atoms. The van der Waals surface area contributed by atoms with Crippen LogP contribution in [-0.4, -0.2) is 48.0 Å². The van der Waals surface area contributed by atoms with Crippen LogP contribution >= 0.6 is 0 Å². The second-order valence-corrected chi connectivity index (χ2v) is 8.78. The van der Waals surface area contributed by atoms with E-state index in [1.807, 2.05) is 24.4 Å². The Hall–Kier alpha value is -4.53. The molecular formula is C23H21FN10O. The molecule has 6 rings (SSSR count). The van der Waals surface area contributed by atoms with Gasteiger partial charge in [-0.2, -0.15) is 24.7 Å². The van der Waals surface area contributed by atoms with Gasteiger partial charge in [-0.05, 0) is 43.5 Å². The summed E-state index contributed by atoms with van der Waals surface area (Å²) in [6, 6.07) is 9.85. The Morgan fingerprint density at radius 3 is 2.91 bits per heavy atom. The number of hydrogen-bond donors (Lipinski definition) is 3. The fraction of sp³-hybridized carbons (Fsp3) is 0.304. The van der Waals surface area contributed by atoms with Gasteiger partial charge >= 0.3 is 0 Å². The van der Waals surface area contributed by atoms with Crippen molar-refractivity contribution in [1.29, 1.82) is 5.26 Å². The molecule has 1 saturated carbocycles. The van der Waals surface area contributed by atoms with Crippen LogP contribution in [0.2, 0.25) is 0 Å². The summed E-state index contributed by atoms with van der Waals surface area (Å²) < 4.78 is 14.9. The molecule has 3 N–H and O–H groups in total. The number of carbonyl (C=O) groups excluding carboxylic acids is 1. The molecule has 0 radical (unpaired) electrons. The van der Waals surface area contributed by atoms with Crippen LogP contribution in [0, 0.1) is 23.2 Å². The fourth-order valence-electron chi connectivity index (χ4n) is 4.33. The van der Waals surface area contributed by atoms with E-state index < -0.39 is 12.0 Å². The summed E-state index contributed by atoms with van der Waals surface area (Å²) in [5.74, 6) is 0.649. The number of fused-ring (bicyclic) bond motifs is 1. The van der Waals surface area contributed by atoms with Crippen molar-refractivity contribution in [3.8, 4) is 6.07 Å². The van der Waals surface area contributed by atoms with E-state index >= 15 is 0 Å². The largest absolute Gasteiger partial charge is 0.327 e. The molecule has 1 aliphatic heterocycles. The van der Waals surface area contributed by atoms with Crippen molar-refractivity contribution in [2.45, 2.75) is 31.2 Å². The molecule has 0 aromatic carbocycles. The maximum atomic E-state index is 13.1. The van der Waals surface area contributed by atoms with Crippen LogP contribution in [-0.2, 0) is 4.79 Å². The zero-order valence-corrected chi connectivity index (χ0v) is 18.5. The standard InChI is InChI=1S/C23H21FN10O/c24-18-6-5-15(11-26-18)27-21(35)17-8-13(10-25)12-34(17)23-29-20-2-1-7-33(20)22(30-23)28-19-9-16(31-32-19)14-3-4-14/h1-2,5-7,9,11,13-14,17H,3-4,8,12H2,(H,27,35)(H2,28,29,30,31,32)/t13-,17-/m0/s1. The first-order valence-electron chi connectivity index (χ1n) is 11.3. The zero-order valence-electron chi connectivity index (χ0n) is 18.5. The van der Waals surface area contributed by atoms with Gasteiger partial charge in [0.25, 0.3) is 0 Å². The average Bonchev–Trinajstić information content (AvgIpc) is 3.24. The molecule has 2 aliphatic rings. The Labute approximate surface area is 199 Å². The third kappa shape index (κ3) is 4.12. The predicted molar refractivity (Wildman–Crippen MR) is 125 cm³/mol. The molecule has 1 aliphatic carbocycles. The number of nitriles is 1. The van der Waals surface area contributed by atoms with E-state index in [0.29, 0.717) is 47.9 Å². The second kappa shape index (κ2) is 8.35. The highest BCUT2D eigenvalue weighted by Crippen LogP contribution is 2.39. The number of rotatable bonds is 6. The first-order chi connectivity index (χ1) is 17.1. The molecule has 1 amide bonds. The van der Waals surface area contributed by atoms with Gasteiger partial charge in [0, 0.05) is 30.4 Å². The van der Waals surface area contributed by atoms with Crippen LogP contribution in [0.4, 0.5) is 27.8 Å². The predicted octanol–water partition coefficient (Wildman–Crippen LogP) is 2.96. The lowest BCUT2D eigenvalue weighted by atomic mass is 10.1. The fourth-order valence-corrected chi connectivity index (χ4v) is 4.33. The van der Waals surface area contributed by atoms with E-state index in [0.717, 1.165) is 18.5 Å². The molecule has 0 spiro atoms. The average molecular weight is 472 g/mol. The lowest BCUT2D eigenvalue weighted by molar-refractivity contribution is -0.117. The van der Waals surface area contributed by atoms with Crippen molar-refractivity contribution in [2.75, 3.05) is 22.1 Å². The summed E-state index contributed by atoms with van der Waals surface area (Å²) in [5.41, 5.74) is 2.10. The van der Waals surface area contributed by atoms with E-state index in [2.05, 4.69) is 36.9 Å². The first-order valence-corrected chi connectivity index (χ1v) is 11.3. The molecule has 12 heteroatoms. The third-order valence-corrected chi connectivity index (χ3v) is 6.27. The highest BCUT2D eigenvalue weighted by atomic mass is 19.1. The maximum Gasteiger partial charge on any atom is 0.247 e. The van der Waals surface area contributed by atoms with Gasteiger partial charge < -0.3 is 15.5 Å². The number of aromatic amines is 1. The summed E-state index contributed by atoms with van der Waals surface area (Å²) >= 11 is 0. The molecule has 5 heterocycles. The van der Waals surface area contributed by atoms with Gasteiger partial charge in [-0.1, -0.05) is 0 Å². The molecule has 2 atom stereocenters. The van der Waals surface area contributed by atoms with Gasteiger partial charge in [0.15, 0.2) is 5.82 Å². The summed E-state index contributed by atoms with van der Waals surface area (Å²) in [6.45, 7) is 0.306. The lowest BCUT2D eigenvalue weighted by Gasteiger charge is -2.24. The number of anilines is 4. The molecule has 11 nitrogen and oxygen atoms in total. The van der Waals surface area contributed by atoms with Gasteiger partial charge in [-0.3, -0.25) is 14.3 Å². The van der Waals surface area contributed by atoms with Crippen LogP contribution in [0.3, 0.4) is 0 Å². The molecule has 176 valence electrons. The lowest BCUT2D eigenvalue weighted by Crippen LogP contribution is -2.40. The second-order valence-electron chi connectivity index (χ2n) is 8.78. The van der Waals surface area contributed by atoms with Crippen molar-refractivity contribution in [3.05, 3.63) is 54.4 Å². The Kier molecular flexibility index (Phi) is 5.02. The van der Waals surface area contributed by atoms with Crippen molar-refractivity contribution >= 4 is 35.0 Å². The van der Waals surface area contributed by atoms with Gasteiger partial charge in [-0.15, -0.1) is 0 Å². The van der Waals surface area contributed by atoms with Crippen molar-refractivity contribution in [3.63, 3.8) is 0 Å². The van der Waals surface area contributed by atoms with Crippen LogP contribution in [0.1, 0.15) is 30.9 Å². The molecule has 4 aromatic heterocycles. The number of halogens is 1. The minimum absolute atomic E-state index is 0.306. The zero-order chi connectivity index (χ0) is 23.9. The Morgan fingerprint density at radius 2 is 2.14 bits per heavy atom. The van der Waals surface area contributed by atoms with Crippen molar-refractivity contribution in [1.82, 2.24) is 29.5 Å². The van der Waals surface area contributed by atoms with Crippen molar-refractivity contribution < 1.29 is 9.18 Å². The van der Waals surface area contributed by atoms with Crippen LogP contribution in [0.15, 0.2) is 42.7 Å². The summed E-state index contributed by atoms with van der Waals surface area (Å²) in [4.78, 5) is 27.8. The van der Waals surface area contributed by atoms with E-state index in [-0.39, 0.29) is 11.8 Å². The normalized spacial score (nSPS) is 19.6. The number of aromatic nitrogens is 6. The van der Waals surface area contributed by atoms with Gasteiger partial charge in [-0.25, -0.2) is 4.98 Å². The summed E-state index contributed by atoms with van der Waals surface area (Å²) in [7, 11) is 0. The molecule has 2 fully saturated rings. The van der Waals surface area contributed by atoms with Gasteiger partial charge in [0.1, 0.15) is 11.7 Å². The monoisotopic (exact) mass is 472 g/mol. The Balaban J connectivity index is 1.31. The molecule has 35 heavy (non-hydrogen) atoms. The Morgan fingerprint density at radius 1 is 1.26 bits per heavy atom. The minimum Gasteiger partial charge on any atom is -0.327 e. The highest BCUT2D eigenvalue weighted by molar-refractivity contribution is 5.97. The summed E-state index contributed by atoms with van der Waals surface area (Å²) in [6.07, 6.45) is 5.73. The molecular weight excluding hydrogens is 451 g/mol. The number of nitrogens with one attached hydrogen (secondary N) is 3. The van der Waals surface area contributed by atoms with Crippen LogP contribution in [0.25, 0.3) is 5.65 Å². The SMILES string of the molecule is N#C[C@@H]1C[C@@H](C(=O)Nc2ccc(F)nc2)N(c2nc(Nc3cc(C4CC4)[nH]n3)n3cccc3n2)C1. The number of carbonyl (C=O) groups is 1. The van der Waals surface area contributed by atoms with E-state index in [9.17, 15) is 14.4 Å². The summed E-state index contributed by atoms with van der Waals surface area (Å²) in [5, 5.41) is 23.0. The quantitative estimate of drug-likeness (QED) is 0.364.